The van der Waals surface area contributed by atoms with Crippen molar-refractivity contribution in [1.29, 1.82) is 0 Å². The number of fused-ring (bicyclic) bond motifs is 1. The van der Waals surface area contributed by atoms with Crippen LogP contribution in [0.15, 0.2) is 28.8 Å². The van der Waals surface area contributed by atoms with Crippen LogP contribution in [0.1, 0.15) is 56.4 Å². The number of rotatable bonds is 4. The predicted octanol–water partition coefficient (Wildman–Crippen LogP) is 3.66. The number of halogens is 1. The van der Waals surface area contributed by atoms with Gasteiger partial charge in [-0.1, -0.05) is 43.6 Å². The molecule has 2 aliphatic rings. The van der Waals surface area contributed by atoms with Crippen molar-refractivity contribution < 1.29 is 24.0 Å². The number of tetrazole rings is 1. The Morgan fingerprint density at radius 3 is 2.69 bits per heavy atom. The van der Waals surface area contributed by atoms with Crippen LogP contribution in [0, 0.1) is 5.41 Å². The molecule has 12 heteroatoms. The van der Waals surface area contributed by atoms with Crippen molar-refractivity contribution in [2.24, 2.45) is 5.41 Å². The minimum absolute atomic E-state index is 0.00175. The SMILES string of the molecule is CC(C)(C)C(C(=O)O)n1nnc(-c2cc(N3CCC4(CC3)CC(=O)c3c(Cl)cccc3O4)no2)n1. The summed E-state index contributed by atoms with van der Waals surface area (Å²) in [5.41, 5.74) is -0.726. The average molecular weight is 501 g/mol. The predicted molar refractivity (Wildman–Crippen MR) is 125 cm³/mol. The number of carbonyl (C=O) groups excluding carboxylic acids is 1. The number of ether oxygens (including phenoxy) is 1. The van der Waals surface area contributed by atoms with Crippen LogP contribution in [0.5, 0.6) is 5.75 Å². The second kappa shape index (κ2) is 8.33. The number of carboxylic acids is 1. The topological polar surface area (TPSA) is 136 Å². The quantitative estimate of drug-likeness (QED) is 0.564. The van der Waals surface area contributed by atoms with Crippen LogP contribution < -0.4 is 9.64 Å². The van der Waals surface area contributed by atoms with E-state index >= 15 is 0 Å². The molecule has 0 saturated carbocycles. The van der Waals surface area contributed by atoms with Crippen molar-refractivity contribution >= 4 is 29.2 Å². The molecule has 1 atom stereocenters. The molecule has 3 aromatic rings. The molecular formula is C23H25ClN6O5. The van der Waals surface area contributed by atoms with Gasteiger partial charge in [0.05, 0.1) is 17.0 Å². The van der Waals surface area contributed by atoms with Crippen molar-refractivity contribution in [1.82, 2.24) is 25.4 Å². The Hall–Kier alpha value is -3.47. The number of nitrogens with zero attached hydrogens (tertiary/aromatic N) is 6. The summed E-state index contributed by atoms with van der Waals surface area (Å²) in [5, 5.41) is 26.3. The van der Waals surface area contributed by atoms with Gasteiger partial charge in [0.2, 0.25) is 11.6 Å². The maximum absolute atomic E-state index is 12.8. The third kappa shape index (κ3) is 4.24. The van der Waals surface area contributed by atoms with Crippen LogP contribution in [-0.4, -0.2) is 60.9 Å². The monoisotopic (exact) mass is 500 g/mol. The Bertz CT molecular complexity index is 1290. The Labute approximate surface area is 206 Å². The Morgan fingerprint density at radius 1 is 1.26 bits per heavy atom. The van der Waals surface area contributed by atoms with Crippen molar-refractivity contribution in [3.8, 4) is 17.3 Å². The van der Waals surface area contributed by atoms with Crippen LogP contribution in [0.4, 0.5) is 5.82 Å². The van der Waals surface area contributed by atoms with Gasteiger partial charge in [0.1, 0.15) is 11.4 Å². The number of piperidine rings is 1. The minimum Gasteiger partial charge on any atom is -0.486 e. The number of carboxylic acid groups (broad SMARTS) is 1. The van der Waals surface area contributed by atoms with Crippen molar-refractivity contribution in [3.63, 3.8) is 0 Å². The highest BCUT2D eigenvalue weighted by Gasteiger charge is 2.44. The maximum Gasteiger partial charge on any atom is 0.331 e. The standard InChI is InChI=1S/C23H25ClN6O5/c1-22(2,3)19(21(32)33)30-26-20(25-28-30)16-11-17(27-35-16)29-9-7-23(8-10-29)12-14(31)18-13(24)5-4-6-15(18)34-23/h4-6,11,19H,7-10,12H2,1-3H3,(H,32,33). The lowest BCUT2D eigenvalue weighted by Gasteiger charge is -2.44. The molecule has 1 aromatic carbocycles. The molecule has 1 saturated heterocycles. The van der Waals surface area contributed by atoms with Crippen molar-refractivity contribution in [2.45, 2.75) is 51.7 Å². The van der Waals surface area contributed by atoms with Gasteiger partial charge in [-0.3, -0.25) is 4.79 Å². The maximum atomic E-state index is 12.8. The zero-order valence-electron chi connectivity index (χ0n) is 19.6. The van der Waals surface area contributed by atoms with E-state index in [0.29, 0.717) is 48.1 Å². The normalized spacial score (nSPS) is 18.3. The van der Waals surface area contributed by atoms with E-state index in [1.165, 1.54) is 0 Å². The van der Waals surface area contributed by atoms with E-state index < -0.39 is 23.0 Å². The number of ketones is 1. The van der Waals surface area contributed by atoms with Crippen LogP contribution >= 0.6 is 11.6 Å². The number of Topliss-reactive ketones (excluding diaryl/α,β-unsaturated/α-hetero) is 1. The first-order chi connectivity index (χ1) is 16.6. The number of hydrogen-bond acceptors (Lipinski definition) is 9. The van der Waals surface area contributed by atoms with Crippen LogP contribution in [0.3, 0.4) is 0 Å². The average Bonchev–Trinajstić information content (AvgIpc) is 3.43. The van der Waals surface area contributed by atoms with Gasteiger partial charge in [0.15, 0.2) is 17.6 Å². The summed E-state index contributed by atoms with van der Waals surface area (Å²) in [6.45, 7) is 6.60. The molecule has 2 aromatic heterocycles. The Morgan fingerprint density at radius 2 is 2.00 bits per heavy atom. The van der Waals surface area contributed by atoms with E-state index in [4.69, 9.17) is 20.9 Å². The lowest BCUT2D eigenvalue weighted by atomic mass is 9.82. The molecule has 1 N–H and O–H groups in total. The molecule has 1 unspecified atom stereocenters. The van der Waals surface area contributed by atoms with E-state index in [1.807, 2.05) is 4.90 Å². The molecule has 5 rings (SSSR count). The van der Waals surface area contributed by atoms with E-state index in [9.17, 15) is 14.7 Å². The van der Waals surface area contributed by atoms with Gasteiger partial charge in [0, 0.05) is 32.0 Å². The summed E-state index contributed by atoms with van der Waals surface area (Å²) in [6, 6.07) is 5.98. The molecule has 184 valence electrons. The fourth-order valence-corrected chi connectivity index (χ4v) is 4.97. The highest BCUT2D eigenvalue weighted by molar-refractivity contribution is 6.34. The number of carbonyl (C=O) groups is 2. The molecule has 2 aliphatic heterocycles. The molecule has 0 radical (unpaired) electrons. The number of benzene rings is 1. The van der Waals surface area contributed by atoms with Gasteiger partial charge < -0.3 is 19.3 Å². The Balaban J connectivity index is 1.29. The molecule has 4 heterocycles. The summed E-state index contributed by atoms with van der Waals surface area (Å²) in [5.74, 6) is 0.533. The van der Waals surface area contributed by atoms with Crippen molar-refractivity contribution in [3.05, 3.63) is 34.9 Å². The third-order valence-electron chi connectivity index (χ3n) is 6.49. The summed E-state index contributed by atoms with van der Waals surface area (Å²) < 4.78 is 11.7. The molecule has 0 bridgehead atoms. The van der Waals surface area contributed by atoms with Crippen LogP contribution in [0.25, 0.3) is 11.6 Å². The first-order valence-electron chi connectivity index (χ1n) is 11.3. The molecule has 11 nitrogen and oxygen atoms in total. The first-order valence-corrected chi connectivity index (χ1v) is 11.7. The molecule has 0 aliphatic carbocycles. The van der Waals surface area contributed by atoms with E-state index in [-0.39, 0.29) is 23.8 Å². The van der Waals surface area contributed by atoms with Gasteiger partial charge in [-0.05, 0) is 22.8 Å². The second-order valence-electron chi connectivity index (χ2n) is 10.1. The zero-order valence-corrected chi connectivity index (χ0v) is 20.3. The molecule has 1 spiro atoms. The number of aromatic nitrogens is 5. The fourth-order valence-electron chi connectivity index (χ4n) is 4.70. The highest BCUT2D eigenvalue weighted by atomic mass is 35.5. The number of hydrogen-bond donors (Lipinski definition) is 1. The van der Waals surface area contributed by atoms with Gasteiger partial charge in [-0.2, -0.15) is 0 Å². The van der Waals surface area contributed by atoms with Gasteiger partial charge in [-0.25, -0.2) is 4.79 Å². The lowest BCUT2D eigenvalue weighted by molar-refractivity contribution is -0.145. The van der Waals surface area contributed by atoms with Gasteiger partial charge in [0.25, 0.3) is 0 Å². The fraction of sp³-hybridized carbons (Fsp3) is 0.478. The van der Waals surface area contributed by atoms with E-state index in [2.05, 4.69) is 20.6 Å². The summed E-state index contributed by atoms with van der Waals surface area (Å²) in [6.07, 6.45) is 1.55. The number of anilines is 1. The first kappa shape index (κ1) is 23.3. The molecule has 0 amide bonds. The van der Waals surface area contributed by atoms with Crippen molar-refractivity contribution in [2.75, 3.05) is 18.0 Å². The van der Waals surface area contributed by atoms with Crippen LogP contribution in [-0.2, 0) is 4.79 Å². The summed E-state index contributed by atoms with van der Waals surface area (Å²) in [7, 11) is 0. The Kier molecular flexibility index (Phi) is 5.54. The second-order valence-corrected chi connectivity index (χ2v) is 10.5. The van der Waals surface area contributed by atoms with Crippen LogP contribution in [0.2, 0.25) is 5.02 Å². The zero-order chi connectivity index (χ0) is 25.0. The minimum atomic E-state index is -1.05. The summed E-state index contributed by atoms with van der Waals surface area (Å²) >= 11 is 6.20. The lowest BCUT2D eigenvalue weighted by Crippen LogP contribution is -2.51. The number of aliphatic carboxylic acids is 1. The third-order valence-corrected chi connectivity index (χ3v) is 6.81. The van der Waals surface area contributed by atoms with Gasteiger partial charge >= 0.3 is 5.97 Å². The molecule has 35 heavy (non-hydrogen) atoms. The smallest absolute Gasteiger partial charge is 0.331 e. The van der Waals surface area contributed by atoms with E-state index in [1.54, 1.807) is 45.0 Å². The summed E-state index contributed by atoms with van der Waals surface area (Å²) in [4.78, 5) is 27.6. The largest absolute Gasteiger partial charge is 0.486 e. The highest BCUT2D eigenvalue weighted by Crippen LogP contribution is 2.42. The molecular weight excluding hydrogens is 476 g/mol. The molecule has 1 fully saturated rings. The van der Waals surface area contributed by atoms with Gasteiger partial charge in [-0.15, -0.1) is 15.0 Å². The van der Waals surface area contributed by atoms with E-state index in [0.717, 1.165) is 4.80 Å².